The predicted octanol–water partition coefficient (Wildman–Crippen LogP) is 4.89. The third-order valence-corrected chi connectivity index (χ3v) is 6.63. The van der Waals surface area contributed by atoms with Gasteiger partial charge in [0, 0.05) is 35.9 Å². The Balaban J connectivity index is 1.47. The first-order valence-electron chi connectivity index (χ1n) is 10.1. The zero-order chi connectivity index (χ0) is 22.2. The molecule has 2 aromatic heterocycles. The predicted molar refractivity (Wildman–Crippen MR) is 128 cm³/mol. The van der Waals surface area contributed by atoms with E-state index in [2.05, 4.69) is 34.3 Å². The van der Waals surface area contributed by atoms with Crippen molar-refractivity contribution in [2.75, 3.05) is 19.4 Å². The number of likely N-dealkylation sites (N-methyl/N-ethyl adjacent to an activating group) is 1. The van der Waals surface area contributed by atoms with Crippen LogP contribution in [0.5, 0.6) is 5.88 Å². The zero-order valence-corrected chi connectivity index (χ0v) is 19.2. The monoisotopic (exact) mass is 434 g/mol. The van der Waals surface area contributed by atoms with Crippen LogP contribution in [0.3, 0.4) is 0 Å². The second-order valence-corrected chi connectivity index (χ2v) is 9.31. The summed E-state index contributed by atoms with van der Waals surface area (Å²) < 4.78 is 7.05. The van der Waals surface area contributed by atoms with Gasteiger partial charge in [-0.05, 0) is 55.5 Å². The van der Waals surface area contributed by atoms with E-state index < -0.39 is 5.54 Å². The van der Waals surface area contributed by atoms with Crippen LogP contribution in [-0.2, 0) is 11.3 Å². The number of hydrogen-bond donors (Lipinski definition) is 1. The van der Waals surface area contributed by atoms with Gasteiger partial charge >= 0.3 is 0 Å². The smallest absolute Gasteiger partial charge is 0.246 e. The van der Waals surface area contributed by atoms with E-state index in [-0.39, 0.29) is 5.91 Å². The number of nitrogens with zero attached hydrogens (tertiary/aromatic N) is 3. The lowest BCUT2D eigenvalue weighted by Crippen LogP contribution is -2.46. The summed E-state index contributed by atoms with van der Waals surface area (Å²) in [5.41, 5.74) is 2.42. The Morgan fingerprint density at radius 3 is 2.87 bits per heavy atom. The van der Waals surface area contributed by atoms with Crippen LogP contribution < -0.4 is 10.1 Å². The molecule has 0 atom stereocenters. The number of nitrogens with one attached hydrogen (secondary N) is 1. The molecule has 0 bridgehead atoms. The van der Waals surface area contributed by atoms with Crippen molar-refractivity contribution in [1.29, 1.82) is 0 Å². The van der Waals surface area contributed by atoms with E-state index in [4.69, 9.17) is 4.74 Å². The van der Waals surface area contributed by atoms with E-state index >= 15 is 0 Å². The lowest BCUT2D eigenvalue weighted by molar-refractivity contribution is -0.125. The molecule has 4 rings (SSSR count). The van der Waals surface area contributed by atoms with Crippen molar-refractivity contribution in [3.05, 3.63) is 58.6 Å². The Morgan fingerprint density at radius 1 is 1.35 bits per heavy atom. The number of ether oxygens (including phenoxy) is 1. The summed E-state index contributed by atoms with van der Waals surface area (Å²) in [4.78, 5) is 24.2. The number of thiophene rings is 1. The van der Waals surface area contributed by atoms with Gasteiger partial charge in [-0.3, -0.25) is 9.79 Å². The fourth-order valence-electron chi connectivity index (χ4n) is 3.63. The summed E-state index contributed by atoms with van der Waals surface area (Å²) in [5.74, 6) is 1.02. The van der Waals surface area contributed by atoms with Gasteiger partial charge in [-0.15, -0.1) is 11.3 Å². The molecule has 0 saturated carbocycles. The average molecular weight is 435 g/mol. The second kappa shape index (κ2) is 8.15. The molecule has 7 heteroatoms. The lowest BCUT2D eigenvalue weighted by Gasteiger charge is -2.33. The van der Waals surface area contributed by atoms with Gasteiger partial charge in [0.1, 0.15) is 5.54 Å². The van der Waals surface area contributed by atoms with Crippen LogP contribution in [0.2, 0.25) is 0 Å². The molecule has 31 heavy (non-hydrogen) atoms. The average Bonchev–Trinajstić information content (AvgIpc) is 3.06. The molecule has 1 aromatic carbocycles. The molecule has 1 N–H and O–H groups in total. The van der Waals surface area contributed by atoms with Gasteiger partial charge in [-0.1, -0.05) is 18.2 Å². The van der Waals surface area contributed by atoms with Crippen LogP contribution in [0.4, 0.5) is 5.69 Å². The summed E-state index contributed by atoms with van der Waals surface area (Å²) in [6.45, 7) is 6.69. The van der Waals surface area contributed by atoms with Gasteiger partial charge in [-0.25, -0.2) is 4.98 Å². The molecule has 0 unspecified atom stereocenters. The number of hydrogen-bond acceptors (Lipinski definition) is 6. The van der Waals surface area contributed by atoms with E-state index in [1.165, 1.54) is 20.5 Å². The fraction of sp³-hybridized carbons (Fsp3) is 0.292. The van der Waals surface area contributed by atoms with Crippen LogP contribution in [0.15, 0.2) is 47.6 Å². The standard InChI is InChI=1S/C24H26N4O2S/c1-15-17-8-6-7-9-19(17)31-20(15)14-28(5)21(29)11-10-16-12-18-22(26-13-16)30-23(25-4)24(2,3)27-18/h6-13,27H,14H2,1-5H3/b11-10+,25-23+. The number of amides is 1. The molecule has 0 spiro atoms. The maximum absolute atomic E-state index is 12.7. The Morgan fingerprint density at radius 2 is 2.13 bits per heavy atom. The van der Waals surface area contributed by atoms with Gasteiger partial charge in [0.25, 0.3) is 0 Å². The van der Waals surface area contributed by atoms with E-state index in [1.54, 1.807) is 41.6 Å². The molecule has 160 valence electrons. The number of aliphatic imine (C=N–C) groups is 1. The minimum Gasteiger partial charge on any atom is -0.420 e. The lowest BCUT2D eigenvalue weighted by atomic mass is 10.0. The third-order valence-electron chi connectivity index (χ3n) is 5.37. The first-order chi connectivity index (χ1) is 14.8. The van der Waals surface area contributed by atoms with E-state index in [0.29, 0.717) is 18.3 Å². The largest absolute Gasteiger partial charge is 0.420 e. The van der Waals surface area contributed by atoms with Gasteiger partial charge in [0.2, 0.25) is 17.7 Å². The number of benzene rings is 1. The molecule has 1 aliphatic rings. The topological polar surface area (TPSA) is 66.8 Å². The summed E-state index contributed by atoms with van der Waals surface area (Å²) in [6.07, 6.45) is 5.05. The quantitative estimate of drug-likeness (QED) is 0.594. The second-order valence-electron chi connectivity index (χ2n) is 8.18. The highest BCUT2D eigenvalue weighted by Crippen LogP contribution is 2.33. The Kier molecular flexibility index (Phi) is 5.54. The molecule has 1 amide bonds. The van der Waals surface area contributed by atoms with Crippen LogP contribution >= 0.6 is 11.3 Å². The van der Waals surface area contributed by atoms with Gasteiger partial charge in [0.15, 0.2) is 0 Å². The van der Waals surface area contributed by atoms with Crippen molar-refractivity contribution in [2.45, 2.75) is 32.9 Å². The SMILES string of the molecule is C/N=C1/Oc2ncc(/C=C/C(=O)N(C)Cc3sc4ccccc4c3C)cc2NC1(C)C. The van der Waals surface area contributed by atoms with Crippen LogP contribution in [0.25, 0.3) is 16.2 Å². The molecular formula is C24H26N4O2S. The minimum atomic E-state index is -0.427. The number of anilines is 1. The molecule has 1 aliphatic heterocycles. The number of fused-ring (bicyclic) bond motifs is 2. The first kappa shape index (κ1) is 21.1. The highest BCUT2D eigenvalue weighted by molar-refractivity contribution is 7.19. The van der Waals surface area contributed by atoms with E-state index in [0.717, 1.165) is 11.3 Å². The highest BCUT2D eigenvalue weighted by Gasteiger charge is 2.33. The Bertz CT molecular complexity index is 1210. The molecule has 3 aromatic rings. The number of carbonyl (C=O) groups is 1. The van der Waals surface area contributed by atoms with E-state index in [9.17, 15) is 4.79 Å². The number of aryl methyl sites for hydroxylation is 1. The first-order valence-corrected chi connectivity index (χ1v) is 10.9. The highest BCUT2D eigenvalue weighted by atomic mass is 32.1. The maximum Gasteiger partial charge on any atom is 0.246 e. The van der Waals surface area contributed by atoms with Gasteiger partial charge in [-0.2, -0.15) is 0 Å². The molecule has 0 aliphatic carbocycles. The van der Waals surface area contributed by atoms with Crippen molar-refractivity contribution in [1.82, 2.24) is 9.88 Å². The van der Waals surface area contributed by atoms with E-state index in [1.807, 2.05) is 39.1 Å². The molecule has 0 fully saturated rings. The van der Waals surface area contributed by atoms with Crippen LogP contribution in [0, 0.1) is 6.92 Å². The summed E-state index contributed by atoms with van der Waals surface area (Å²) in [7, 11) is 3.52. The Labute approximate surface area is 186 Å². The summed E-state index contributed by atoms with van der Waals surface area (Å²) in [5, 5.41) is 4.65. The summed E-state index contributed by atoms with van der Waals surface area (Å²) in [6, 6.07) is 10.3. The maximum atomic E-state index is 12.7. The van der Waals surface area contributed by atoms with Crippen molar-refractivity contribution < 1.29 is 9.53 Å². The number of pyridine rings is 1. The Hall–Kier alpha value is -3.19. The summed E-state index contributed by atoms with van der Waals surface area (Å²) >= 11 is 1.74. The van der Waals surface area contributed by atoms with Crippen molar-refractivity contribution in [2.24, 2.45) is 4.99 Å². The minimum absolute atomic E-state index is 0.0560. The number of aromatic nitrogens is 1. The van der Waals surface area contributed by atoms with Gasteiger partial charge < -0.3 is 15.0 Å². The molecule has 3 heterocycles. The zero-order valence-electron chi connectivity index (χ0n) is 18.4. The fourth-order valence-corrected chi connectivity index (χ4v) is 4.89. The van der Waals surface area contributed by atoms with Crippen LogP contribution in [-0.4, -0.2) is 41.3 Å². The normalized spacial score (nSPS) is 16.2. The van der Waals surface area contributed by atoms with Crippen molar-refractivity contribution >= 4 is 45.0 Å². The molecule has 0 radical (unpaired) electrons. The molecule has 0 saturated heterocycles. The third kappa shape index (κ3) is 4.18. The number of rotatable bonds is 4. The van der Waals surface area contributed by atoms with Crippen molar-refractivity contribution in [3.8, 4) is 5.88 Å². The molecular weight excluding hydrogens is 408 g/mol. The van der Waals surface area contributed by atoms with Gasteiger partial charge in [0.05, 0.1) is 12.2 Å². The number of carbonyl (C=O) groups excluding carboxylic acids is 1. The van der Waals surface area contributed by atoms with Crippen LogP contribution in [0.1, 0.15) is 29.9 Å². The molecule has 6 nitrogen and oxygen atoms in total. The van der Waals surface area contributed by atoms with Crippen molar-refractivity contribution in [3.63, 3.8) is 0 Å².